The molecule has 0 radical (unpaired) electrons. The minimum atomic E-state index is -0.233. The molecule has 0 amide bonds. The maximum absolute atomic E-state index is 10.9. The number of aliphatic hydroxyl groups excluding tert-OH is 1. The Morgan fingerprint density at radius 1 is 0.418 bits per heavy atom. The summed E-state index contributed by atoms with van der Waals surface area (Å²) in [7, 11) is 0. The van der Waals surface area contributed by atoms with Crippen molar-refractivity contribution in [2.24, 2.45) is 5.92 Å². The molecule has 0 spiro atoms. The zero-order chi connectivity index (χ0) is 41.4. The highest BCUT2D eigenvalue weighted by atomic mass is 16.5. The van der Waals surface area contributed by atoms with Gasteiger partial charge in [0, 0.05) is 6.92 Å². The van der Waals surface area contributed by atoms with Crippen LogP contribution in [0.4, 0.5) is 0 Å². The van der Waals surface area contributed by atoms with Gasteiger partial charge >= 0.3 is 5.97 Å². The van der Waals surface area contributed by atoms with Crippen LogP contribution in [0.15, 0.2) is 105 Å². The number of ether oxygens (including phenoxy) is 1. The molecule has 0 saturated carbocycles. The van der Waals surface area contributed by atoms with Gasteiger partial charge in [-0.2, -0.15) is 0 Å². The topological polar surface area (TPSA) is 46.5 Å². The minimum Gasteiger partial charge on any atom is -0.462 e. The summed E-state index contributed by atoms with van der Waals surface area (Å²) in [5, 5.41) is 10.8. The van der Waals surface area contributed by atoms with E-state index in [1.54, 1.807) is 0 Å². The molecule has 0 aromatic heterocycles. The summed E-state index contributed by atoms with van der Waals surface area (Å²) in [5.74, 6) is 0.0941. The second-order valence-electron chi connectivity index (χ2n) is 16.9. The Hall–Kier alpha value is -2.91. The van der Waals surface area contributed by atoms with Gasteiger partial charge in [-0.1, -0.05) is 106 Å². The fourth-order valence-electron chi connectivity index (χ4n) is 6.43. The van der Waals surface area contributed by atoms with Crippen molar-refractivity contribution in [1.29, 1.82) is 0 Å². The van der Waals surface area contributed by atoms with Crippen molar-refractivity contribution in [2.45, 2.75) is 205 Å². The molecule has 0 aliphatic heterocycles. The number of aliphatic hydroxyl groups is 1. The molecule has 0 heterocycles. The predicted molar refractivity (Wildman–Crippen MR) is 244 cm³/mol. The molecule has 0 bridgehead atoms. The van der Waals surface area contributed by atoms with E-state index >= 15 is 0 Å². The van der Waals surface area contributed by atoms with Crippen LogP contribution in [-0.2, 0) is 9.53 Å². The van der Waals surface area contributed by atoms with Crippen molar-refractivity contribution >= 4 is 5.97 Å². The van der Waals surface area contributed by atoms with E-state index in [2.05, 4.69) is 125 Å². The first-order valence-electron chi connectivity index (χ1n) is 21.8. The lowest BCUT2D eigenvalue weighted by atomic mass is 9.93. The van der Waals surface area contributed by atoms with Gasteiger partial charge in [0.2, 0.25) is 0 Å². The van der Waals surface area contributed by atoms with Gasteiger partial charge in [0.15, 0.2) is 0 Å². The molecule has 0 fully saturated rings. The number of carbonyl (C=O) groups is 1. The van der Waals surface area contributed by atoms with Crippen LogP contribution in [0.2, 0.25) is 0 Å². The summed E-state index contributed by atoms with van der Waals surface area (Å²) < 4.78 is 4.99. The highest BCUT2D eigenvalue weighted by Crippen LogP contribution is 2.21. The van der Waals surface area contributed by atoms with Gasteiger partial charge in [-0.25, -0.2) is 0 Å². The Morgan fingerprint density at radius 2 is 0.709 bits per heavy atom. The third-order valence-corrected chi connectivity index (χ3v) is 10.6. The summed E-state index contributed by atoms with van der Waals surface area (Å²) in [5.41, 5.74) is 12.9. The Bertz CT molecular complexity index is 1350. The lowest BCUT2D eigenvalue weighted by molar-refractivity contribution is -0.139. The predicted octanol–water partition coefficient (Wildman–Crippen LogP) is 16.1. The van der Waals surface area contributed by atoms with E-state index in [0.29, 0.717) is 12.5 Å². The Labute approximate surface area is 341 Å². The van der Waals surface area contributed by atoms with E-state index in [1.807, 2.05) is 6.08 Å². The summed E-state index contributed by atoms with van der Waals surface area (Å²) in [6.45, 7) is 26.2. The van der Waals surface area contributed by atoms with Gasteiger partial charge in [0.1, 0.15) is 6.61 Å². The summed E-state index contributed by atoms with van der Waals surface area (Å²) >= 11 is 0. The third-order valence-electron chi connectivity index (χ3n) is 10.6. The summed E-state index contributed by atoms with van der Waals surface area (Å²) in [6, 6.07) is 0. The van der Waals surface area contributed by atoms with Gasteiger partial charge in [-0.15, -0.1) is 0 Å². The molecule has 55 heavy (non-hydrogen) atoms. The van der Waals surface area contributed by atoms with Gasteiger partial charge < -0.3 is 9.84 Å². The Kier molecular flexibility index (Phi) is 31.5. The van der Waals surface area contributed by atoms with Crippen molar-refractivity contribution in [1.82, 2.24) is 0 Å². The zero-order valence-electron chi connectivity index (χ0n) is 38.0. The van der Waals surface area contributed by atoms with Crippen LogP contribution >= 0.6 is 0 Å². The lowest BCUT2D eigenvalue weighted by Gasteiger charge is -2.18. The monoisotopic (exact) mass is 759 g/mol. The Balaban J connectivity index is 4.28. The third kappa shape index (κ3) is 34.1. The van der Waals surface area contributed by atoms with E-state index in [1.165, 1.54) is 63.5 Å². The van der Waals surface area contributed by atoms with Crippen LogP contribution in [-0.4, -0.2) is 23.8 Å². The molecule has 0 aliphatic rings. The smallest absolute Gasteiger partial charge is 0.302 e. The largest absolute Gasteiger partial charge is 0.462 e. The van der Waals surface area contributed by atoms with Crippen molar-refractivity contribution in [3.63, 3.8) is 0 Å². The SMILES string of the molecule is CC(=O)OCC=C(C)CCC=C(C)CCC=C(C)CCC=C(C)CCC=C(C)CCC(O)C(C)CCC=C(C)CCC=C(C)CCC=C(C)CCC=C(C)C. The summed E-state index contributed by atoms with van der Waals surface area (Å²) in [4.78, 5) is 10.9. The normalized spacial score (nSPS) is 15.4. The van der Waals surface area contributed by atoms with E-state index in [-0.39, 0.29) is 12.1 Å². The molecule has 3 heteroatoms. The van der Waals surface area contributed by atoms with Crippen LogP contribution in [0.5, 0.6) is 0 Å². The molecular weight excluding hydrogens is 673 g/mol. The van der Waals surface area contributed by atoms with E-state index in [9.17, 15) is 9.90 Å². The first kappa shape index (κ1) is 52.1. The fourth-order valence-corrected chi connectivity index (χ4v) is 6.43. The van der Waals surface area contributed by atoms with Gasteiger partial charge in [-0.3, -0.25) is 4.79 Å². The van der Waals surface area contributed by atoms with Crippen molar-refractivity contribution < 1.29 is 14.6 Å². The second kappa shape index (κ2) is 33.3. The Morgan fingerprint density at radius 3 is 1.04 bits per heavy atom. The van der Waals surface area contributed by atoms with E-state index < -0.39 is 0 Å². The highest BCUT2D eigenvalue weighted by Gasteiger charge is 2.13. The minimum absolute atomic E-state index is 0.229. The van der Waals surface area contributed by atoms with Crippen LogP contribution in [0.25, 0.3) is 0 Å². The second-order valence-corrected chi connectivity index (χ2v) is 16.9. The van der Waals surface area contributed by atoms with Crippen LogP contribution in [0.1, 0.15) is 199 Å². The van der Waals surface area contributed by atoms with Gasteiger partial charge in [0.25, 0.3) is 0 Å². The molecule has 0 saturated heterocycles. The summed E-state index contributed by atoms with van der Waals surface area (Å²) in [6.07, 6.45) is 40.3. The molecule has 1 N–H and O–H groups in total. The van der Waals surface area contributed by atoms with Crippen LogP contribution in [0.3, 0.4) is 0 Å². The lowest BCUT2D eigenvalue weighted by Crippen LogP contribution is -2.17. The number of allylic oxidation sites excluding steroid dienone is 17. The molecule has 3 nitrogen and oxygen atoms in total. The molecule has 0 aromatic carbocycles. The number of esters is 1. The number of rotatable bonds is 30. The molecule has 0 aromatic rings. The molecule has 2 atom stereocenters. The maximum atomic E-state index is 10.9. The van der Waals surface area contributed by atoms with Gasteiger partial charge in [-0.05, 0) is 197 Å². The standard InChI is InChI=1S/C52H86O3/c1-41(2)21-13-22-42(3)23-14-24-43(4)29-17-30-47(8)35-20-36-50(11)52(54)38-37-48(9)33-18-31-45(6)27-15-25-44(5)26-16-28-46(7)32-19-34-49(10)39-40-55-51(12)53/h21,23,26-27,29,32-33,35,39,50,52,54H,13-20,22,24-25,28,30-31,34,36-38,40H2,1-12H3. The molecule has 0 aliphatic carbocycles. The number of hydrogen-bond acceptors (Lipinski definition) is 3. The first-order chi connectivity index (χ1) is 26.1. The number of carbonyl (C=O) groups excluding carboxylic acids is 1. The molecule has 312 valence electrons. The van der Waals surface area contributed by atoms with Crippen LogP contribution in [0, 0.1) is 5.92 Å². The highest BCUT2D eigenvalue weighted by molar-refractivity contribution is 5.66. The molecule has 0 rings (SSSR count). The average molecular weight is 759 g/mol. The molecular formula is C52H86O3. The van der Waals surface area contributed by atoms with E-state index in [4.69, 9.17) is 4.74 Å². The zero-order valence-corrected chi connectivity index (χ0v) is 38.0. The first-order valence-corrected chi connectivity index (χ1v) is 21.8. The quantitative estimate of drug-likeness (QED) is 0.0586. The number of hydrogen-bond donors (Lipinski definition) is 1. The average Bonchev–Trinajstić information content (AvgIpc) is 3.10. The molecule has 2 unspecified atom stereocenters. The van der Waals surface area contributed by atoms with E-state index in [0.717, 1.165) is 109 Å². The van der Waals surface area contributed by atoms with Gasteiger partial charge in [0.05, 0.1) is 6.10 Å². The fraction of sp³-hybridized carbons (Fsp3) is 0.635. The van der Waals surface area contributed by atoms with Crippen molar-refractivity contribution in [3.05, 3.63) is 105 Å². The van der Waals surface area contributed by atoms with Crippen LogP contribution < -0.4 is 0 Å². The van der Waals surface area contributed by atoms with Crippen molar-refractivity contribution in [2.75, 3.05) is 6.61 Å². The maximum Gasteiger partial charge on any atom is 0.302 e. The van der Waals surface area contributed by atoms with Crippen molar-refractivity contribution in [3.8, 4) is 0 Å².